The minimum Gasteiger partial charge on any atom is -0.439 e. The second-order valence-electron chi connectivity index (χ2n) is 6.27. The third-order valence-electron chi connectivity index (χ3n) is 4.67. The van der Waals surface area contributed by atoms with Crippen LogP contribution >= 0.6 is 24.0 Å². The molecule has 1 aromatic carbocycles. The van der Waals surface area contributed by atoms with Gasteiger partial charge in [0.1, 0.15) is 0 Å². The van der Waals surface area contributed by atoms with Gasteiger partial charge >= 0.3 is 0 Å². The van der Waals surface area contributed by atoms with Crippen LogP contribution in [-0.4, -0.2) is 36.2 Å². The Hall–Kier alpha value is -1.61. The van der Waals surface area contributed by atoms with E-state index < -0.39 is 0 Å². The number of guanidine groups is 1. The molecular formula is C18H23IN4O2. The van der Waals surface area contributed by atoms with E-state index in [1.54, 1.807) is 13.2 Å². The average Bonchev–Trinajstić information content (AvgIpc) is 3.36. The molecule has 2 saturated heterocycles. The first kappa shape index (κ1) is 18.2. The molecule has 0 aliphatic carbocycles. The number of halogens is 1. The first-order chi connectivity index (χ1) is 11.8. The molecule has 2 aliphatic rings. The van der Waals surface area contributed by atoms with E-state index in [-0.39, 0.29) is 24.0 Å². The van der Waals surface area contributed by atoms with Crippen molar-refractivity contribution in [3.05, 3.63) is 42.4 Å². The molecule has 6 nitrogen and oxygen atoms in total. The lowest BCUT2D eigenvalue weighted by Gasteiger charge is -2.22. The average molecular weight is 454 g/mol. The Balaban J connectivity index is 0.00000182. The number of hydrogen-bond acceptors (Lipinski definition) is 4. The fourth-order valence-corrected chi connectivity index (χ4v) is 3.45. The highest BCUT2D eigenvalue weighted by atomic mass is 127. The molecule has 2 bridgehead atoms. The van der Waals surface area contributed by atoms with Crippen LogP contribution in [0.15, 0.2) is 45.9 Å². The summed E-state index contributed by atoms with van der Waals surface area (Å²) in [5, 5.41) is 6.71. The van der Waals surface area contributed by atoms with Crippen LogP contribution in [0, 0.1) is 0 Å². The first-order valence-electron chi connectivity index (χ1n) is 8.44. The number of aromatic nitrogens is 1. The van der Waals surface area contributed by atoms with Gasteiger partial charge in [-0.3, -0.25) is 4.99 Å². The number of hydrogen-bond donors (Lipinski definition) is 2. The summed E-state index contributed by atoms with van der Waals surface area (Å²) in [6.07, 6.45) is 5.88. The number of oxazole rings is 1. The van der Waals surface area contributed by atoms with Crippen LogP contribution in [0.25, 0.3) is 11.3 Å². The summed E-state index contributed by atoms with van der Waals surface area (Å²) in [5.74, 6) is 2.17. The van der Waals surface area contributed by atoms with Gasteiger partial charge in [-0.05, 0) is 19.3 Å². The van der Waals surface area contributed by atoms with E-state index in [0.29, 0.717) is 30.7 Å². The molecule has 0 spiro atoms. The second kappa shape index (κ2) is 8.18. The monoisotopic (exact) mass is 454 g/mol. The fourth-order valence-electron chi connectivity index (χ4n) is 3.45. The van der Waals surface area contributed by atoms with Crippen molar-refractivity contribution < 1.29 is 9.15 Å². The van der Waals surface area contributed by atoms with Crippen molar-refractivity contribution in [1.82, 2.24) is 15.6 Å². The standard InChI is InChI=1S/C18H22N4O2.HI/c1-19-18(22-14-9-13-7-8-15(14)23-13)21-11-17-20-10-16(24-17)12-5-3-2-4-6-12;/h2-6,10,13-15H,7-9,11H2,1H3,(H2,19,21,22);1H. The molecule has 0 saturated carbocycles. The number of ether oxygens (including phenoxy) is 1. The summed E-state index contributed by atoms with van der Waals surface area (Å²) in [7, 11) is 1.77. The third kappa shape index (κ3) is 4.14. The molecule has 2 aromatic rings. The van der Waals surface area contributed by atoms with Crippen molar-refractivity contribution in [3.63, 3.8) is 0 Å². The lowest BCUT2D eigenvalue weighted by Crippen LogP contribution is -2.47. The van der Waals surface area contributed by atoms with Gasteiger partial charge in [-0.25, -0.2) is 4.98 Å². The van der Waals surface area contributed by atoms with Crippen LogP contribution in [0.4, 0.5) is 0 Å². The van der Waals surface area contributed by atoms with Gasteiger partial charge in [0.05, 0.1) is 31.0 Å². The summed E-state index contributed by atoms with van der Waals surface area (Å²) < 4.78 is 11.7. The molecule has 3 atom stereocenters. The van der Waals surface area contributed by atoms with Crippen molar-refractivity contribution in [2.45, 2.75) is 44.1 Å². The van der Waals surface area contributed by atoms with Gasteiger partial charge in [0.2, 0.25) is 5.89 Å². The quantitative estimate of drug-likeness (QED) is 0.423. The van der Waals surface area contributed by atoms with Gasteiger partial charge in [-0.1, -0.05) is 30.3 Å². The number of fused-ring (bicyclic) bond motifs is 2. The number of rotatable bonds is 4. The van der Waals surface area contributed by atoms with Crippen LogP contribution in [0.5, 0.6) is 0 Å². The SMILES string of the molecule is CN=C(NCc1ncc(-c2ccccc2)o1)NC1CC2CCC1O2.I. The smallest absolute Gasteiger partial charge is 0.214 e. The van der Waals surface area contributed by atoms with Crippen molar-refractivity contribution in [1.29, 1.82) is 0 Å². The van der Waals surface area contributed by atoms with E-state index in [1.807, 2.05) is 30.3 Å². The fraction of sp³-hybridized carbons (Fsp3) is 0.444. The number of aliphatic imine (C=N–C) groups is 1. The van der Waals surface area contributed by atoms with Crippen LogP contribution in [0.1, 0.15) is 25.2 Å². The van der Waals surface area contributed by atoms with E-state index in [1.165, 1.54) is 6.42 Å². The van der Waals surface area contributed by atoms with Gasteiger partial charge in [-0.15, -0.1) is 24.0 Å². The Kier molecular flexibility index (Phi) is 5.95. The van der Waals surface area contributed by atoms with Crippen molar-refractivity contribution in [2.75, 3.05) is 7.05 Å². The zero-order valence-electron chi connectivity index (χ0n) is 14.1. The maximum Gasteiger partial charge on any atom is 0.214 e. The lowest BCUT2D eigenvalue weighted by atomic mass is 9.96. The Morgan fingerprint density at radius 3 is 2.80 bits per heavy atom. The molecule has 7 heteroatoms. The zero-order valence-corrected chi connectivity index (χ0v) is 16.5. The molecule has 3 heterocycles. The maximum atomic E-state index is 5.87. The Morgan fingerprint density at radius 1 is 1.28 bits per heavy atom. The van der Waals surface area contributed by atoms with E-state index in [2.05, 4.69) is 20.6 Å². The molecule has 4 rings (SSSR count). The largest absolute Gasteiger partial charge is 0.439 e. The molecule has 2 N–H and O–H groups in total. The highest BCUT2D eigenvalue weighted by molar-refractivity contribution is 14.0. The summed E-state index contributed by atoms with van der Waals surface area (Å²) in [6.45, 7) is 0.494. The van der Waals surface area contributed by atoms with Gasteiger partial charge in [0.25, 0.3) is 0 Å². The minimum atomic E-state index is 0. The summed E-state index contributed by atoms with van der Waals surface area (Å²) in [4.78, 5) is 8.62. The number of nitrogens with zero attached hydrogens (tertiary/aromatic N) is 2. The highest BCUT2D eigenvalue weighted by Gasteiger charge is 2.41. The van der Waals surface area contributed by atoms with E-state index in [9.17, 15) is 0 Å². The predicted octanol–water partition coefficient (Wildman–Crippen LogP) is 2.94. The lowest BCUT2D eigenvalue weighted by molar-refractivity contribution is 0.0992. The molecule has 0 amide bonds. The molecule has 2 fully saturated rings. The normalized spacial score (nSPS) is 24.8. The molecule has 1 aromatic heterocycles. The topological polar surface area (TPSA) is 71.7 Å². The molecule has 3 unspecified atom stereocenters. The van der Waals surface area contributed by atoms with E-state index >= 15 is 0 Å². The minimum absolute atomic E-state index is 0. The van der Waals surface area contributed by atoms with Gasteiger partial charge in [-0.2, -0.15) is 0 Å². The highest BCUT2D eigenvalue weighted by Crippen LogP contribution is 2.34. The van der Waals surface area contributed by atoms with E-state index in [0.717, 1.165) is 30.1 Å². The molecule has 2 aliphatic heterocycles. The van der Waals surface area contributed by atoms with E-state index in [4.69, 9.17) is 9.15 Å². The predicted molar refractivity (Wildman–Crippen MR) is 107 cm³/mol. The first-order valence-corrected chi connectivity index (χ1v) is 8.44. The van der Waals surface area contributed by atoms with Crippen molar-refractivity contribution in [2.24, 2.45) is 4.99 Å². The maximum absolute atomic E-state index is 5.87. The Morgan fingerprint density at radius 2 is 2.12 bits per heavy atom. The van der Waals surface area contributed by atoms with Crippen molar-refractivity contribution >= 4 is 29.9 Å². The van der Waals surface area contributed by atoms with Gasteiger partial charge in [0, 0.05) is 12.6 Å². The van der Waals surface area contributed by atoms with Crippen LogP contribution in [-0.2, 0) is 11.3 Å². The number of nitrogens with one attached hydrogen (secondary N) is 2. The van der Waals surface area contributed by atoms with Gasteiger partial charge in [0.15, 0.2) is 11.7 Å². The van der Waals surface area contributed by atoms with Gasteiger partial charge < -0.3 is 19.8 Å². The summed E-state index contributed by atoms with van der Waals surface area (Å²) >= 11 is 0. The Bertz CT molecular complexity index is 719. The van der Waals surface area contributed by atoms with Crippen LogP contribution in [0.3, 0.4) is 0 Å². The van der Waals surface area contributed by atoms with Crippen LogP contribution in [0.2, 0.25) is 0 Å². The summed E-state index contributed by atoms with van der Waals surface area (Å²) in [6, 6.07) is 10.3. The van der Waals surface area contributed by atoms with Crippen molar-refractivity contribution in [3.8, 4) is 11.3 Å². The second-order valence-corrected chi connectivity index (χ2v) is 6.27. The van der Waals surface area contributed by atoms with Crippen LogP contribution < -0.4 is 10.6 Å². The number of benzene rings is 1. The Labute approximate surface area is 164 Å². The third-order valence-corrected chi connectivity index (χ3v) is 4.67. The molecule has 25 heavy (non-hydrogen) atoms. The molecule has 0 radical (unpaired) electrons. The summed E-state index contributed by atoms with van der Waals surface area (Å²) in [5.41, 5.74) is 1.03. The molecule has 134 valence electrons. The molecular weight excluding hydrogens is 431 g/mol. The zero-order chi connectivity index (χ0) is 16.4.